The molecule has 24 heavy (non-hydrogen) atoms. The Hall–Kier alpha value is -1.92. The van der Waals surface area contributed by atoms with Crippen LogP contribution >= 0.6 is 11.3 Å². The van der Waals surface area contributed by atoms with Crippen molar-refractivity contribution in [3.8, 4) is 0 Å². The van der Waals surface area contributed by atoms with E-state index in [9.17, 15) is 9.90 Å². The molecule has 0 saturated carbocycles. The molecule has 2 aromatic rings. The maximum Gasteiger partial charge on any atom is 0.323 e. The van der Waals surface area contributed by atoms with Gasteiger partial charge in [0.25, 0.3) is 0 Å². The van der Waals surface area contributed by atoms with Gasteiger partial charge in [-0.25, -0.2) is 9.78 Å². The van der Waals surface area contributed by atoms with Crippen molar-refractivity contribution in [2.75, 3.05) is 18.4 Å². The zero-order chi connectivity index (χ0) is 16.9. The molecule has 0 radical (unpaired) electrons. The fourth-order valence-corrected chi connectivity index (χ4v) is 3.78. The van der Waals surface area contributed by atoms with Crippen LogP contribution in [0.2, 0.25) is 0 Å². The van der Waals surface area contributed by atoms with E-state index < -0.39 is 6.10 Å². The van der Waals surface area contributed by atoms with Gasteiger partial charge in [0.15, 0.2) is 5.13 Å². The Morgan fingerprint density at radius 1 is 1.38 bits per heavy atom. The summed E-state index contributed by atoms with van der Waals surface area (Å²) in [6.45, 7) is 3.39. The number of nitrogens with one attached hydrogen (secondary N) is 1. The number of benzene rings is 1. The molecule has 3 rings (SSSR count). The number of aliphatic hydroxyl groups is 1. The number of aryl methyl sites for hydroxylation is 1. The van der Waals surface area contributed by atoms with Crippen LogP contribution in [0.5, 0.6) is 0 Å². The lowest BCUT2D eigenvalue weighted by molar-refractivity contribution is 0.0683. The van der Waals surface area contributed by atoms with Gasteiger partial charge in [0.1, 0.15) is 0 Å². The van der Waals surface area contributed by atoms with E-state index in [1.54, 1.807) is 4.90 Å². The maximum atomic E-state index is 12.3. The second-order valence-corrected chi connectivity index (χ2v) is 7.21. The Morgan fingerprint density at radius 2 is 2.08 bits per heavy atom. The zero-order valence-corrected chi connectivity index (χ0v) is 14.6. The summed E-state index contributed by atoms with van der Waals surface area (Å²) in [5, 5.41) is 14.0. The lowest BCUT2D eigenvalue weighted by Crippen LogP contribution is -2.42. The van der Waals surface area contributed by atoms with E-state index in [-0.39, 0.29) is 11.9 Å². The fraction of sp³-hybridized carbons (Fsp3) is 0.444. The van der Waals surface area contributed by atoms with Gasteiger partial charge in [-0.15, -0.1) is 11.3 Å². The van der Waals surface area contributed by atoms with Crippen LogP contribution in [-0.2, 0) is 6.42 Å². The van der Waals surface area contributed by atoms with Crippen molar-refractivity contribution >= 4 is 22.5 Å². The minimum atomic E-state index is -0.456. The van der Waals surface area contributed by atoms with Crippen molar-refractivity contribution < 1.29 is 9.90 Å². The predicted molar refractivity (Wildman–Crippen MR) is 96.2 cm³/mol. The van der Waals surface area contributed by atoms with E-state index in [2.05, 4.69) is 17.2 Å². The van der Waals surface area contributed by atoms with Gasteiger partial charge in [-0.1, -0.05) is 37.3 Å². The number of rotatable bonds is 4. The third kappa shape index (κ3) is 3.94. The maximum absolute atomic E-state index is 12.3. The molecule has 1 aliphatic rings. The van der Waals surface area contributed by atoms with E-state index in [1.165, 1.54) is 11.3 Å². The molecule has 1 fully saturated rings. The first-order chi connectivity index (χ1) is 11.7. The summed E-state index contributed by atoms with van der Waals surface area (Å²) in [5.41, 5.74) is 0.954. The van der Waals surface area contributed by atoms with Crippen LogP contribution in [0.1, 0.15) is 36.3 Å². The molecule has 1 unspecified atom stereocenters. The quantitative estimate of drug-likeness (QED) is 0.888. The third-order valence-corrected chi connectivity index (χ3v) is 5.59. The van der Waals surface area contributed by atoms with Crippen LogP contribution < -0.4 is 5.32 Å². The largest absolute Gasteiger partial charge is 0.388 e. The minimum Gasteiger partial charge on any atom is -0.388 e. The van der Waals surface area contributed by atoms with Crippen LogP contribution in [0.4, 0.5) is 9.93 Å². The average molecular weight is 345 g/mol. The smallest absolute Gasteiger partial charge is 0.323 e. The summed E-state index contributed by atoms with van der Waals surface area (Å²) >= 11 is 1.52. The number of carbonyl (C=O) groups is 1. The third-order valence-electron chi connectivity index (χ3n) is 4.53. The highest BCUT2D eigenvalue weighted by molar-refractivity contribution is 7.15. The molecule has 128 valence electrons. The molecular formula is C18H23N3O2S. The molecule has 0 bridgehead atoms. The topological polar surface area (TPSA) is 65.5 Å². The van der Waals surface area contributed by atoms with Gasteiger partial charge in [-0.2, -0.15) is 0 Å². The summed E-state index contributed by atoms with van der Waals surface area (Å²) in [6, 6.07) is 9.65. The van der Waals surface area contributed by atoms with Crippen LogP contribution in [0.25, 0.3) is 0 Å². The Balaban J connectivity index is 1.52. The highest BCUT2D eigenvalue weighted by Crippen LogP contribution is 2.30. The molecule has 1 aromatic carbocycles. The standard InChI is InChI=1S/C18H23N3O2S/c1-2-15-12-19-17(24-15)20-18(23)21-10-8-14(9-11-21)16(22)13-6-4-3-5-7-13/h3-7,12,14,16,22H,2,8-11H2,1H3,(H,19,20,23). The van der Waals surface area contributed by atoms with E-state index in [0.717, 1.165) is 29.7 Å². The summed E-state index contributed by atoms with van der Waals surface area (Å²) in [5.74, 6) is 0.197. The number of aromatic nitrogens is 1. The van der Waals surface area contributed by atoms with Gasteiger partial charge in [-0.3, -0.25) is 5.32 Å². The van der Waals surface area contributed by atoms with Crippen molar-refractivity contribution in [1.82, 2.24) is 9.88 Å². The molecule has 2 heterocycles. The van der Waals surface area contributed by atoms with Crippen molar-refractivity contribution in [1.29, 1.82) is 0 Å². The Labute approximate surface area is 146 Å². The monoisotopic (exact) mass is 345 g/mol. The van der Waals surface area contributed by atoms with Crippen LogP contribution in [0.3, 0.4) is 0 Å². The normalized spacial score (nSPS) is 16.8. The molecule has 1 aliphatic heterocycles. The molecule has 0 aliphatic carbocycles. The van der Waals surface area contributed by atoms with Crippen molar-refractivity contribution in [3.05, 3.63) is 47.0 Å². The number of thiazole rings is 1. The number of piperidine rings is 1. The number of likely N-dealkylation sites (tertiary alicyclic amines) is 1. The lowest BCUT2D eigenvalue weighted by atomic mass is 9.87. The van der Waals surface area contributed by atoms with E-state index in [1.807, 2.05) is 36.5 Å². The molecule has 6 heteroatoms. The number of anilines is 1. The number of aliphatic hydroxyl groups excluding tert-OH is 1. The summed E-state index contributed by atoms with van der Waals surface area (Å²) in [7, 11) is 0. The molecule has 2 amide bonds. The van der Waals surface area contributed by atoms with Crippen LogP contribution in [-0.4, -0.2) is 34.1 Å². The van der Waals surface area contributed by atoms with Crippen molar-refractivity contribution in [3.63, 3.8) is 0 Å². The Kier molecular flexibility index (Phi) is 5.48. The molecule has 0 spiro atoms. The predicted octanol–water partition coefficient (Wildman–Crippen LogP) is 3.68. The van der Waals surface area contributed by atoms with E-state index in [4.69, 9.17) is 0 Å². The number of urea groups is 1. The molecule has 2 N–H and O–H groups in total. The second kappa shape index (κ2) is 7.77. The van der Waals surface area contributed by atoms with E-state index >= 15 is 0 Å². The van der Waals surface area contributed by atoms with Gasteiger partial charge in [0.2, 0.25) is 0 Å². The molecule has 1 aromatic heterocycles. The lowest BCUT2D eigenvalue weighted by Gasteiger charge is -2.34. The van der Waals surface area contributed by atoms with Crippen LogP contribution in [0, 0.1) is 5.92 Å². The number of carbonyl (C=O) groups excluding carboxylic acids is 1. The van der Waals surface area contributed by atoms with Gasteiger partial charge in [0.05, 0.1) is 6.10 Å². The van der Waals surface area contributed by atoms with Gasteiger partial charge < -0.3 is 10.0 Å². The number of hydrogen-bond acceptors (Lipinski definition) is 4. The van der Waals surface area contributed by atoms with E-state index in [0.29, 0.717) is 18.2 Å². The number of hydrogen-bond donors (Lipinski definition) is 2. The fourth-order valence-electron chi connectivity index (χ4n) is 3.04. The molecular weight excluding hydrogens is 322 g/mol. The molecule has 1 saturated heterocycles. The van der Waals surface area contributed by atoms with Gasteiger partial charge in [-0.05, 0) is 30.7 Å². The highest BCUT2D eigenvalue weighted by Gasteiger charge is 2.28. The highest BCUT2D eigenvalue weighted by atomic mass is 32.1. The first-order valence-corrected chi connectivity index (χ1v) is 9.22. The average Bonchev–Trinajstić information content (AvgIpc) is 3.09. The SMILES string of the molecule is CCc1cnc(NC(=O)N2CCC(C(O)c3ccccc3)CC2)s1. The van der Waals surface area contributed by atoms with Crippen molar-refractivity contribution in [2.24, 2.45) is 5.92 Å². The van der Waals surface area contributed by atoms with Crippen LogP contribution in [0.15, 0.2) is 36.5 Å². The van der Waals surface area contributed by atoms with Crippen molar-refractivity contribution in [2.45, 2.75) is 32.3 Å². The first kappa shape index (κ1) is 16.9. The second-order valence-electron chi connectivity index (χ2n) is 6.10. The Bertz CT molecular complexity index is 666. The summed E-state index contributed by atoms with van der Waals surface area (Å²) in [4.78, 5) is 19.5. The number of amides is 2. The Morgan fingerprint density at radius 3 is 2.71 bits per heavy atom. The first-order valence-electron chi connectivity index (χ1n) is 8.41. The molecule has 1 atom stereocenters. The van der Waals surface area contributed by atoms with Gasteiger partial charge >= 0.3 is 6.03 Å². The molecule has 5 nitrogen and oxygen atoms in total. The zero-order valence-electron chi connectivity index (χ0n) is 13.8. The van der Waals surface area contributed by atoms with Gasteiger partial charge in [0, 0.05) is 24.2 Å². The number of nitrogens with zero attached hydrogens (tertiary/aromatic N) is 2. The summed E-state index contributed by atoms with van der Waals surface area (Å²) < 4.78 is 0. The summed E-state index contributed by atoms with van der Waals surface area (Å²) in [6.07, 6.45) is 3.89. The minimum absolute atomic E-state index is 0.0975.